The second-order valence-corrected chi connectivity index (χ2v) is 3.40. The Kier molecular flexibility index (Phi) is 6.02. The number of methoxy groups -OCH3 is 1. The SMILES string of the molecule is CCCOCCCNc1nc(N)nc(OC)n1. The van der Waals surface area contributed by atoms with Crippen LogP contribution >= 0.6 is 0 Å². The van der Waals surface area contributed by atoms with Gasteiger partial charge in [-0.25, -0.2) is 0 Å². The minimum Gasteiger partial charge on any atom is -0.467 e. The zero-order chi connectivity index (χ0) is 12.5. The molecule has 0 saturated heterocycles. The molecule has 0 radical (unpaired) electrons. The Hall–Kier alpha value is -1.63. The van der Waals surface area contributed by atoms with Crippen molar-refractivity contribution in [2.75, 3.05) is 37.9 Å². The predicted octanol–water partition coefficient (Wildman–Crippen LogP) is 0.691. The fraction of sp³-hybridized carbons (Fsp3) is 0.700. The van der Waals surface area contributed by atoms with Crippen molar-refractivity contribution in [3.8, 4) is 6.01 Å². The molecule has 0 aliphatic rings. The molecule has 0 aliphatic heterocycles. The second-order valence-electron chi connectivity index (χ2n) is 3.40. The lowest BCUT2D eigenvalue weighted by molar-refractivity contribution is 0.134. The maximum Gasteiger partial charge on any atom is 0.322 e. The van der Waals surface area contributed by atoms with E-state index in [0.717, 1.165) is 32.6 Å². The molecule has 1 rings (SSSR count). The Labute approximate surface area is 101 Å². The van der Waals surface area contributed by atoms with Crippen LogP contribution < -0.4 is 15.8 Å². The first-order valence-corrected chi connectivity index (χ1v) is 5.63. The lowest BCUT2D eigenvalue weighted by Gasteiger charge is -2.06. The molecule has 7 heteroatoms. The van der Waals surface area contributed by atoms with Gasteiger partial charge in [0.05, 0.1) is 7.11 Å². The quantitative estimate of drug-likeness (QED) is 0.646. The lowest BCUT2D eigenvalue weighted by Crippen LogP contribution is -2.11. The van der Waals surface area contributed by atoms with Gasteiger partial charge in [-0.1, -0.05) is 6.92 Å². The molecule has 7 nitrogen and oxygen atoms in total. The molecule has 96 valence electrons. The van der Waals surface area contributed by atoms with Crippen molar-refractivity contribution in [2.45, 2.75) is 19.8 Å². The van der Waals surface area contributed by atoms with Gasteiger partial charge in [0.1, 0.15) is 0 Å². The first-order valence-electron chi connectivity index (χ1n) is 5.63. The van der Waals surface area contributed by atoms with E-state index in [0.29, 0.717) is 5.95 Å². The number of hydrogen-bond acceptors (Lipinski definition) is 7. The summed E-state index contributed by atoms with van der Waals surface area (Å²) in [7, 11) is 1.48. The van der Waals surface area contributed by atoms with Gasteiger partial charge in [0, 0.05) is 19.8 Å². The fourth-order valence-corrected chi connectivity index (χ4v) is 1.16. The smallest absolute Gasteiger partial charge is 0.322 e. The van der Waals surface area contributed by atoms with Crippen molar-refractivity contribution in [1.82, 2.24) is 15.0 Å². The van der Waals surface area contributed by atoms with Crippen molar-refractivity contribution in [2.24, 2.45) is 0 Å². The molecule has 0 fully saturated rings. The highest BCUT2D eigenvalue weighted by Crippen LogP contribution is 2.07. The van der Waals surface area contributed by atoms with Crippen LogP contribution in [0.1, 0.15) is 19.8 Å². The summed E-state index contributed by atoms with van der Waals surface area (Å²) in [6.45, 7) is 4.32. The molecule has 0 spiro atoms. The monoisotopic (exact) mass is 241 g/mol. The van der Waals surface area contributed by atoms with Crippen LogP contribution in [0.5, 0.6) is 6.01 Å². The largest absolute Gasteiger partial charge is 0.467 e. The number of anilines is 2. The zero-order valence-electron chi connectivity index (χ0n) is 10.3. The number of nitrogens with two attached hydrogens (primary N) is 1. The van der Waals surface area contributed by atoms with Crippen LogP contribution in [0.25, 0.3) is 0 Å². The average molecular weight is 241 g/mol. The van der Waals surface area contributed by atoms with Gasteiger partial charge in [0.2, 0.25) is 11.9 Å². The third-order valence-corrected chi connectivity index (χ3v) is 1.91. The van der Waals surface area contributed by atoms with E-state index in [1.165, 1.54) is 7.11 Å². The summed E-state index contributed by atoms with van der Waals surface area (Å²) in [5.74, 6) is 0.562. The predicted molar refractivity (Wildman–Crippen MR) is 65.0 cm³/mol. The molecule has 1 heterocycles. The Morgan fingerprint density at radius 3 is 2.76 bits per heavy atom. The van der Waals surface area contributed by atoms with Gasteiger partial charge >= 0.3 is 6.01 Å². The van der Waals surface area contributed by atoms with Crippen molar-refractivity contribution in [1.29, 1.82) is 0 Å². The van der Waals surface area contributed by atoms with Crippen LogP contribution in [-0.4, -0.2) is 41.8 Å². The maximum atomic E-state index is 5.50. The molecule has 0 bridgehead atoms. The van der Waals surface area contributed by atoms with Crippen LogP contribution in [0.2, 0.25) is 0 Å². The summed E-state index contributed by atoms with van der Waals surface area (Å²) in [6, 6.07) is 0.210. The summed E-state index contributed by atoms with van der Waals surface area (Å²) in [5.41, 5.74) is 5.50. The number of nitrogen functional groups attached to an aromatic ring is 1. The van der Waals surface area contributed by atoms with Gasteiger partial charge in [-0.2, -0.15) is 15.0 Å². The van der Waals surface area contributed by atoms with E-state index >= 15 is 0 Å². The van der Waals surface area contributed by atoms with Crippen LogP contribution in [0.4, 0.5) is 11.9 Å². The van der Waals surface area contributed by atoms with E-state index in [4.69, 9.17) is 15.2 Å². The molecular weight excluding hydrogens is 222 g/mol. The Morgan fingerprint density at radius 2 is 2.06 bits per heavy atom. The molecule has 0 unspecified atom stereocenters. The maximum absolute atomic E-state index is 5.50. The number of rotatable bonds is 8. The molecule has 1 aromatic rings. The van der Waals surface area contributed by atoms with Crippen molar-refractivity contribution in [3.05, 3.63) is 0 Å². The van der Waals surface area contributed by atoms with Crippen LogP contribution in [0, 0.1) is 0 Å². The highest BCUT2D eigenvalue weighted by atomic mass is 16.5. The molecule has 0 saturated carbocycles. The van der Waals surface area contributed by atoms with Crippen LogP contribution in [-0.2, 0) is 4.74 Å². The third kappa shape index (κ3) is 5.30. The van der Waals surface area contributed by atoms with E-state index in [9.17, 15) is 0 Å². The zero-order valence-corrected chi connectivity index (χ0v) is 10.3. The van der Waals surface area contributed by atoms with Gasteiger partial charge < -0.3 is 20.5 Å². The Morgan fingerprint density at radius 1 is 1.24 bits per heavy atom. The molecule has 0 atom stereocenters. The summed E-state index contributed by atoms with van der Waals surface area (Å²) < 4.78 is 10.2. The Balaban J connectivity index is 2.28. The third-order valence-electron chi connectivity index (χ3n) is 1.91. The highest BCUT2D eigenvalue weighted by molar-refractivity contribution is 5.32. The topological polar surface area (TPSA) is 95.2 Å². The van der Waals surface area contributed by atoms with Gasteiger partial charge in [0.15, 0.2) is 0 Å². The number of nitrogens with one attached hydrogen (secondary N) is 1. The molecule has 0 aromatic carbocycles. The van der Waals surface area contributed by atoms with E-state index in [-0.39, 0.29) is 12.0 Å². The standard InChI is InChI=1S/C10H19N5O2/c1-3-6-17-7-4-5-12-9-13-8(11)14-10(15-9)16-2/h3-7H2,1-2H3,(H3,11,12,13,14,15). The van der Waals surface area contributed by atoms with Crippen LogP contribution in [0.3, 0.4) is 0 Å². The first-order chi connectivity index (χ1) is 8.26. The Bertz CT molecular complexity index is 334. The summed E-state index contributed by atoms with van der Waals surface area (Å²) in [5, 5.41) is 3.03. The van der Waals surface area contributed by atoms with Gasteiger partial charge in [-0.15, -0.1) is 0 Å². The molecular formula is C10H19N5O2. The highest BCUT2D eigenvalue weighted by Gasteiger charge is 2.03. The molecule has 17 heavy (non-hydrogen) atoms. The first kappa shape index (κ1) is 13.4. The minimum absolute atomic E-state index is 0.140. The molecule has 0 aliphatic carbocycles. The fourth-order valence-electron chi connectivity index (χ4n) is 1.16. The normalized spacial score (nSPS) is 10.2. The number of aromatic nitrogens is 3. The van der Waals surface area contributed by atoms with E-state index in [1.54, 1.807) is 0 Å². The number of hydrogen-bond donors (Lipinski definition) is 2. The van der Waals surface area contributed by atoms with E-state index < -0.39 is 0 Å². The number of nitrogens with zero attached hydrogens (tertiary/aromatic N) is 3. The average Bonchev–Trinajstić information content (AvgIpc) is 2.33. The van der Waals surface area contributed by atoms with Crippen molar-refractivity contribution in [3.63, 3.8) is 0 Å². The van der Waals surface area contributed by atoms with Gasteiger partial charge in [-0.3, -0.25) is 0 Å². The van der Waals surface area contributed by atoms with E-state index in [2.05, 4.69) is 27.2 Å². The molecule has 0 amide bonds. The molecule has 3 N–H and O–H groups in total. The minimum atomic E-state index is 0.140. The van der Waals surface area contributed by atoms with Crippen molar-refractivity contribution >= 4 is 11.9 Å². The van der Waals surface area contributed by atoms with Gasteiger partial charge in [0.25, 0.3) is 0 Å². The van der Waals surface area contributed by atoms with Gasteiger partial charge in [-0.05, 0) is 12.8 Å². The second kappa shape index (κ2) is 7.61. The summed E-state index contributed by atoms with van der Waals surface area (Å²) >= 11 is 0. The summed E-state index contributed by atoms with van der Waals surface area (Å²) in [4.78, 5) is 11.7. The molecule has 1 aromatic heterocycles. The van der Waals surface area contributed by atoms with E-state index in [1.807, 2.05) is 0 Å². The lowest BCUT2D eigenvalue weighted by atomic mass is 10.4. The van der Waals surface area contributed by atoms with Crippen LogP contribution in [0.15, 0.2) is 0 Å². The van der Waals surface area contributed by atoms with Crippen molar-refractivity contribution < 1.29 is 9.47 Å². The number of ether oxygens (including phenoxy) is 2. The summed E-state index contributed by atoms with van der Waals surface area (Å²) in [6.07, 6.45) is 1.92.